The van der Waals surface area contributed by atoms with Gasteiger partial charge in [-0.05, 0) is 65.9 Å². The Morgan fingerprint density at radius 3 is 2.38 bits per heavy atom. The zero-order valence-electron chi connectivity index (χ0n) is 18.3. The number of anilines is 2. The zero-order chi connectivity index (χ0) is 23.0. The quantitative estimate of drug-likeness (QED) is 0.423. The largest absolute Gasteiger partial charge is 0.436 e. The minimum absolute atomic E-state index is 0.101. The third-order valence-electron chi connectivity index (χ3n) is 5.37. The molecule has 0 atom stereocenters. The smallest absolute Gasteiger partial charge is 0.224 e. The topological polar surface area (TPSA) is 24.8 Å². The van der Waals surface area contributed by atoms with Crippen LogP contribution in [0.3, 0.4) is 0 Å². The summed E-state index contributed by atoms with van der Waals surface area (Å²) < 4.78 is 49.5. The van der Waals surface area contributed by atoms with Crippen molar-refractivity contribution in [3.8, 4) is 16.9 Å². The molecule has 0 fully saturated rings. The Bertz CT molecular complexity index is 1250. The van der Waals surface area contributed by atoms with Gasteiger partial charge in [0.15, 0.2) is 11.6 Å². The van der Waals surface area contributed by atoms with Gasteiger partial charge in [0.2, 0.25) is 5.90 Å². The van der Waals surface area contributed by atoms with Crippen LogP contribution in [0.15, 0.2) is 71.4 Å². The first-order valence-electron chi connectivity index (χ1n) is 10.3. The summed E-state index contributed by atoms with van der Waals surface area (Å²) in [5.74, 6) is -1.48. The lowest BCUT2D eigenvalue weighted by Gasteiger charge is -2.24. The fourth-order valence-electron chi connectivity index (χ4n) is 3.61. The molecule has 32 heavy (non-hydrogen) atoms. The van der Waals surface area contributed by atoms with E-state index >= 15 is 4.39 Å². The van der Waals surface area contributed by atoms with Crippen molar-refractivity contribution in [2.24, 2.45) is 10.9 Å². The SMILES string of the molecule is Cc1cc(-c2cccc(F)c2)cc(N(C)c2c(F)ccc(OC3=NC=C3C(C)C)c2F)c1. The van der Waals surface area contributed by atoms with Gasteiger partial charge in [0.1, 0.15) is 17.3 Å². The summed E-state index contributed by atoms with van der Waals surface area (Å²) >= 11 is 0. The molecule has 0 N–H and O–H groups in total. The number of rotatable bonds is 5. The lowest BCUT2D eigenvalue weighted by molar-refractivity contribution is 0.475. The van der Waals surface area contributed by atoms with Crippen LogP contribution in [0.25, 0.3) is 11.1 Å². The van der Waals surface area contributed by atoms with E-state index in [1.54, 1.807) is 31.4 Å². The highest BCUT2D eigenvalue weighted by atomic mass is 19.1. The van der Waals surface area contributed by atoms with Crippen LogP contribution in [-0.4, -0.2) is 12.9 Å². The average molecular weight is 436 g/mol. The maximum atomic E-state index is 15.4. The Labute approximate surface area is 185 Å². The minimum Gasteiger partial charge on any atom is -0.436 e. The molecule has 1 aliphatic heterocycles. The second-order valence-electron chi connectivity index (χ2n) is 8.11. The minimum atomic E-state index is -0.820. The summed E-state index contributed by atoms with van der Waals surface area (Å²) in [7, 11) is 1.58. The third-order valence-corrected chi connectivity index (χ3v) is 5.37. The average Bonchev–Trinajstić information content (AvgIpc) is 2.71. The molecule has 0 saturated carbocycles. The van der Waals surface area contributed by atoms with E-state index in [4.69, 9.17) is 4.74 Å². The van der Waals surface area contributed by atoms with Gasteiger partial charge in [0, 0.05) is 24.5 Å². The van der Waals surface area contributed by atoms with Crippen molar-refractivity contribution in [3.63, 3.8) is 0 Å². The Hall–Kier alpha value is -3.54. The van der Waals surface area contributed by atoms with Gasteiger partial charge in [-0.2, -0.15) is 0 Å². The van der Waals surface area contributed by atoms with E-state index in [0.29, 0.717) is 17.1 Å². The highest BCUT2D eigenvalue weighted by Gasteiger charge is 2.25. The summed E-state index contributed by atoms with van der Waals surface area (Å²) in [5, 5.41) is 0. The lowest BCUT2D eigenvalue weighted by Crippen LogP contribution is -2.22. The van der Waals surface area contributed by atoms with Gasteiger partial charge in [0.25, 0.3) is 0 Å². The maximum Gasteiger partial charge on any atom is 0.224 e. The number of hydrogen-bond acceptors (Lipinski definition) is 3. The summed E-state index contributed by atoms with van der Waals surface area (Å²) in [6, 6.07) is 14.1. The lowest BCUT2D eigenvalue weighted by atomic mass is 10.0. The first-order chi connectivity index (χ1) is 15.2. The molecule has 4 rings (SSSR count). The monoisotopic (exact) mass is 436 g/mol. The molecule has 1 heterocycles. The first-order valence-corrected chi connectivity index (χ1v) is 10.3. The van der Waals surface area contributed by atoms with E-state index in [2.05, 4.69) is 4.99 Å². The van der Waals surface area contributed by atoms with E-state index in [1.165, 1.54) is 29.2 Å². The second-order valence-corrected chi connectivity index (χ2v) is 8.11. The van der Waals surface area contributed by atoms with Gasteiger partial charge < -0.3 is 9.64 Å². The van der Waals surface area contributed by atoms with Crippen LogP contribution >= 0.6 is 0 Å². The Morgan fingerprint density at radius 1 is 0.938 bits per heavy atom. The fourth-order valence-corrected chi connectivity index (χ4v) is 3.61. The molecule has 3 aromatic rings. The molecule has 0 radical (unpaired) electrons. The van der Waals surface area contributed by atoms with Gasteiger partial charge in [-0.1, -0.05) is 32.0 Å². The van der Waals surface area contributed by atoms with E-state index in [-0.39, 0.29) is 23.2 Å². The molecule has 3 aromatic carbocycles. The van der Waals surface area contributed by atoms with Crippen molar-refractivity contribution in [1.29, 1.82) is 0 Å². The first kappa shape index (κ1) is 21.7. The van der Waals surface area contributed by atoms with Crippen LogP contribution in [0.5, 0.6) is 5.75 Å². The van der Waals surface area contributed by atoms with Gasteiger partial charge in [0.05, 0.1) is 0 Å². The fraction of sp³-hybridized carbons (Fsp3) is 0.192. The van der Waals surface area contributed by atoms with Crippen LogP contribution < -0.4 is 9.64 Å². The molecule has 0 bridgehead atoms. The predicted octanol–water partition coefficient (Wildman–Crippen LogP) is 7.18. The molecule has 164 valence electrons. The van der Waals surface area contributed by atoms with Crippen LogP contribution in [-0.2, 0) is 0 Å². The van der Waals surface area contributed by atoms with E-state index in [0.717, 1.165) is 16.7 Å². The van der Waals surface area contributed by atoms with Crippen LogP contribution in [0.1, 0.15) is 19.4 Å². The summed E-state index contributed by atoms with van der Waals surface area (Å²) in [6.07, 6.45) is 1.68. The number of benzene rings is 3. The van der Waals surface area contributed by atoms with E-state index in [9.17, 15) is 8.78 Å². The van der Waals surface area contributed by atoms with Gasteiger partial charge in [-0.25, -0.2) is 18.2 Å². The summed E-state index contributed by atoms with van der Waals surface area (Å²) in [6.45, 7) is 5.84. The van der Waals surface area contributed by atoms with Gasteiger partial charge in [-0.3, -0.25) is 0 Å². The maximum absolute atomic E-state index is 15.4. The van der Waals surface area contributed by atoms with Crippen molar-refractivity contribution < 1.29 is 17.9 Å². The summed E-state index contributed by atoms with van der Waals surface area (Å²) in [5.41, 5.74) is 3.49. The Morgan fingerprint density at radius 2 is 1.72 bits per heavy atom. The highest BCUT2D eigenvalue weighted by Crippen LogP contribution is 2.37. The van der Waals surface area contributed by atoms with E-state index < -0.39 is 11.6 Å². The Kier molecular flexibility index (Phi) is 5.78. The van der Waals surface area contributed by atoms with Crippen molar-refractivity contribution in [3.05, 3.63) is 89.4 Å². The van der Waals surface area contributed by atoms with Crippen LogP contribution in [0, 0.1) is 30.3 Å². The third kappa shape index (κ3) is 4.13. The molecule has 6 heteroatoms. The molecule has 0 unspecified atom stereocenters. The molecule has 0 aliphatic carbocycles. The number of halogens is 3. The van der Waals surface area contributed by atoms with Gasteiger partial charge in [-0.15, -0.1) is 0 Å². The van der Waals surface area contributed by atoms with Crippen LogP contribution in [0.4, 0.5) is 24.5 Å². The number of ether oxygens (including phenoxy) is 1. The predicted molar refractivity (Wildman–Crippen MR) is 122 cm³/mol. The van der Waals surface area contributed by atoms with E-state index in [1.807, 2.05) is 32.9 Å². The second kappa shape index (κ2) is 8.54. The number of hydrogen-bond donors (Lipinski definition) is 0. The van der Waals surface area contributed by atoms with Crippen molar-refractivity contribution in [1.82, 2.24) is 0 Å². The molecule has 3 nitrogen and oxygen atoms in total. The van der Waals surface area contributed by atoms with Crippen molar-refractivity contribution in [2.75, 3.05) is 11.9 Å². The molecule has 1 aliphatic rings. The standard InChI is InChI=1S/C26H23F3N2O/c1-15(2)21-14-30-26(21)32-23-9-8-22(28)25(24(23)29)31(4)20-11-16(3)10-18(13-20)17-6-5-7-19(27)12-17/h5-15H,1-4H3. The number of nitrogens with zero attached hydrogens (tertiary/aromatic N) is 2. The van der Waals surface area contributed by atoms with Crippen LogP contribution in [0.2, 0.25) is 0 Å². The van der Waals surface area contributed by atoms with Gasteiger partial charge >= 0.3 is 0 Å². The highest BCUT2D eigenvalue weighted by molar-refractivity contribution is 6.00. The molecule has 0 amide bonds. The summed E-state index contributed by atoms with van der Waals surface area (Å²) in [4.78, 5) is 5.48. The molecule has 0 aromatic heterocycles. The zero-order valence-corrected chi connectivity index (χ0v) is 18.3. The molecular weight excluding hydrogens is 413 g/mol. The van der Waals surface area contributed by atoms with Crippen molar-refractivity contribution in [2.45, 2.75) is 20.8 Å². The molecule has 0 spiro atoms. The molecule has 0 saturated heterocycles. The normalized spacial score (nSPS) is 12.9. The number of aliphatic imine (C=N–C) groups is 1. The number of aryl methyl sites for hydroxylation is 1. The Balaban J connectivity index is 1.70. The van der Waals surface area contributed by atoms with Crippen molar-refractivity contribution >= 4 is 17.3 Å². The molecular formula is C26H23F3N2O.